The summed E-state index contributed by atoms with van der Waals surface area (Å²) in [6.45, 7) is 6.46. The van der Waals surface area contributed by atoms with Gasteiger partial charge in [0, 0.05) is 12.2 Å². The van der Waals surface area contributed by atoms with E-state index < -0.39 is 0 Å². The van der Waals surface area contributed by atoms with Gasteiger partial charge in [-0.3, -0.25) is 9.69 Å². The van der Waals surface area contributed by atoms with Crippen LogP contribution < -0.4 is 11.1 Å². The van der Waals surface area contributed by atoms with E-state index in [1.807, 2.05) is 54.6 Å². The van der Waals surface area contributed by atoms with E-state index in [9.17, 15) is 4.79 Å². The van der Waals surface area contributed by atoms with Crippen LogP contribution in [0.1, 0.15) is 31.0 Å². The normalized spacial score (nSPS) is 11.2. The maximum atomic E-state index is 12.8. The summed E-state index contributed by atoms with van der Waals surface area (Å²) >= 11 is 0. The van der Waals surface area contributed by atoms with Crippen molar-refractivity contribution in [1.29, 1.82) is 0 Å². The van der Waals surface area contributed by atoms with Gasteiger partial charge >= 0.3 is 0 Å². The Hall–Kier alpha value is -1.75. The number of rotatable bonds is 8. The fourth-order valence-electron chi connectivity index (χ4n) is 2.86. The van der Waals surface area contributed by atoms with E-state index in [1.165, 1.54) is 5.56 Å². The summed E-state index contributed by atoms with van der Waals surface area (Å²) < 4.78 is 0. The molecule has 0 aromatic heterocycles. The SMILES string of the molecule is CCN(CC)C(C(=O)NCCc1ccc(N)cc1)c1ccccc1.Cl.Cl. The molecular formula is C20H29Cl2N3O. The number of halogens is 2. The van der Waals surface area contributed by atoms with Crippen LogP contribution in [0.5, 0.6) is 0 Å². The smallest absolute Gasteiger partial charge is 0.241 e. The molecule has 0 saturated heterocycles. The number of amides is 1. The number of carbonyl (C=O) groups excluding carboxylic acids is 1. The summed E-state index contributed by atoms with van der Waals surface area (Å²) in [5.41, 5.74) is 8.66. The van der Waals surface area contributed by atoms with Gasteiger partial charge in [0.2, 0.25) is 5.91 Å². The standard InChI is InChI=1S/C20H27N3O.2ClH/c1-3-23(4-2)19(17-8-6-5-7-9-17)20(24)22-15-14-16-10-12-18(21)13-11-16;;/h5-13,19H,3-4,14-15,21H2,1-2H3,(H,22,24);2*1H. The maximum Gasteiger partial charge on any atom is 0.241 e. The van der Waals surface area contributed by atoms with Crippen LogP contribution in [0.25, 0.3) is 0 Å². The number of hydrogen-bond acceptors (Lipinski definition) is 3. The predicted octanol–water partition coefficient (Wildman–Crippen LogP) is 3.85. The molecule has 0 fully saturated rings. The molecule has 0 bridgehead atoms. The Morgan fingerprint density at radius 3 is 2.12 bits per heavy atom. The van der Waals surface area contributed by atoms with Crippen molar-refractivity contribution < 1.29 is 4.79 Å². The highest BCUT2D eigenvalue weighted by Crippen LogP contribution is 2.20. The maximum absolute atomic E-state index is 12.8. The van der Waals surface area contributed by atoms with Crippen LogP contribution >= 0.6 is 24.8 Å². The number of nitrogens with zero attached hydrogens (tertiary/aromatic N) is 1. The molecular weight excluding hydrogens is 369 g/mol. The van der Waals surface area contributed by atoms with Gasteiger partial charge in [0.05, 0.1) is 0 Å². The quantitative estimate of drug-likeness (QED) is 0.664. The van der Waals surface area contributed by atoms with Crippen molar-refractivity contribution >= 4 is 36.4 Å². The minimum absolute atomic E-state index is 0. The molecule has 2 rings (SSSR count). The van der Waals surface area contributed by atoms with Gasteiger partial charge in [-0.05, 0) is 42.8 Å². The molecule has 1 amide bonds. The van der Waals surface area contributed by atoms with Crippen LogP contribution in [0, 0.1) is 0 Å². The first kappa shape index (κ1) is 24.2. The molecule has 2 aromatic rings. The van der Waals surface area contributed by atoms with E-state index in [4.69, 9.17) is 5.73 Å². The zero-order valence-corrected chi connectivity index (χ0v) is 17.0. The number of likely N-dealkylation sites (N-methyl/N-ethyl adjacent to an activating group) is 1. The van der Waals surface area contributed by atoms with E-state index >= 15 is 0 Å². The Morgan fingerprint density at radius 1 is 1.00 bits per heavy atom. The molecule has 26 heavy (non-hydrogen) atoms. The minimum Gasteiger partial charge on any atom is -0.399 e. The van der Waals surface area contributed by atoms with Gasteiger partial charge in [-0.15, -0.1) is 24.8 Å². The number of benzene rings is 2. The van der Waals surface area contributed by atoms with Crippen LogP contribution in [-0.2, 0) is 11.2 Å². The third-order valence-electron chi connectivity index (χ3n) is 4.23. The number of nitrogens with one attached hydrogen (secondary N) is 1. The second-order valence-electron chi connectivity index (χ2n) is 5.82. The van der Waals surface area contributed by atoms with Crippen LogP contribution in [0.2, 0.25) is 0 Å². The molecule has 2 aromatic carbocycles. The van der Waals surface area contributed by atoms with E-state index in [1.54, 1.807) is 0 Å². The van der Waals surface area contributed by atoms with Crippen molar-refractivity contribution in [2.45, 2.75) is 26.3 Å². The summed E-state index contributed by atoms with van der Waals surface area (Å²) in [6, 6.07) is 17.5. The molecule has 0 radical (unpaired) electrons. The van der Waals surface area contributed by atoms with Crippen LogP contribution in [-0.4, -0.2) is 30.4 Å². The number of nitrogen functional groups attached to an aromatic ring is 1. The van der Waals surface area contributed by atoms with Gasteiger partial charge in [0.1, 0.15) is 6.04 Å². The van der Waals surface area contributed by atoms with E-state index in [-0.39, 0.29) is 36.8 Å². The summed E-state index contributed by atoms with van der Waals surface area (Å²) in [7, 11) is 0. The second kappa shape index (κ2) is 12.6. The Labute approximate surface area is 169 Å². The lowest BCUT2D eigenvalue weighted by Crippen LogP contribution is -2.41. The minimum atomic E-state index is -0.243. The van der Waals surface area contributed by atoms with Crippen molar-refractivity contribution in [3.05, 3.63) is 65.7 Å². The molecule has 1 atom stereocenters. The highest BCUT2D eigenvalue weighted by atomic mass is 35.5. The average molecular weight is 398 g/mol. The van der Waals surface area contributed by atoms with E-state index in [0.717, 1.165) is 30.8 Å². The van der Waals surface area contributed by atoms with Crippen LogP contribution in [0.4, 0.5) is 5.69 Å². The molecule has 0 heterocycles. The first-order chi connectivity index (χ1) is 11.7. The van der Waals surface area contributed by atoms with Gasteiger partial charge in [-0.1, -0.05) is 56.3 Å². The van der Waals surface area contributed by atoms with E-state index in [0.29, 0.717) is 6.54 Å². The molecule has 0 aliphatic heterocycles. The zero-order chi connectivity index (χ0) is 17.4. The fraction of sp³-hybridized carbons (Fsp3) is 0.350. The van der Waals surface area contributed by atoms with Crippen LogP contribution in [0.15, 0.2) is 54.6 Å². The monoisotopic (exact) mass is 397 g/mol. The van der Waals surface area contributed by atoms with Crippen molar-refractivity contribution in [2.75, 3.05) is 25.4 Å². The van der Waals surface area contributed by atoms with Crippen LogP contribution in [0.3, 0.4) is 0 Å². The molecule has 3 N–H and O–H groups in total. The summed E-state index contributed by atoms with van der Waals surface area (Å²) in [4.78, 5) is 14.9. The first-order valence-electron chi connectivity index (χ1n) is 8.56. The predicted molar refractivity (Wildman–Crippen MR) is 114 cm³/mol. The Kier molecular flexibility index (Phi) is 11.7. The molecule has 1 unspecified atom stereocenters. The first-order valence-corrected chi connectivity index (χ1v) is 8.56. The third kappa shape index (κ3) is 6.87. The van der Waals surface area contributed by atoms with Crippen molar-refractivity contribution in [2.24, 2.45) is 0 Å². The van der Waals surface area contributed by atoms with Crippen molar-refractivity contribution in [3.63, 3.8) is 0 Å². The summed E-state index contributed by atoms with van der Waals surface area (Å²) in [5.74, 6) is 0.0559. The topological polar surface area (TPSA) is 58.4 Å². The lowest BCUT2D eigenvalue weighted by molar-refractivity contribution is -0.126. The molecule has 4 nitrogen and oxygen atoms in total. The molecule has 0 aliphatic carbocycles. The van der Waals surface area contributed by atoms with E-state index in [2.05, 4.69) is 24.1 Å². The average Bonchev–Trinajstić information content (AvgIpc) is 2.61. The second-order valence-corrected chi connectivity index (χ2v) is 5.82. The zero-order valence-electron chi connectivity index (χ0n) is 15.4. The number of anilines is 1. The molecule has 0 aliphatic rings. The van der Waals surface area contributed by atoms with Gasteiger partial charge in [0.25, 0.3) is 0 Å². The molecule has 0 spiro atoms. The summed E-state index contributed by atoms with van der Waals surface area (Å²) in [5, 5.41) is 3.08. The molecule has 0 saturated carbocycles. The van der Waals surface area contributed by atoms with Gasteiger partial charge < -0.3 is 11.1 Å². The number of hydrogen-bond donors (Lipinski definition) is 2. The van der Waals surface area contributed by atoms with Gasteiger partial charge in [0.15, 0.2) is 0 Å². The van der Waals surface area contributed by atoms with Crippen molar-refractivity contribution in [1.82, 2.24) is 10.2 Å². The largest absolute Gasteiger partial charge is 0.399 e. The highest BCUT2D eigenvalue weighted by molar-refractivity contribution is 5.85. The molecule has 6 heteroatoms. The summed E-state index contributed by atoms with van der Waals surface area (Å²) in [6.07, 6.45) is 0.797. The fourth-order valence-corrected chi connectivity index (χ4v) is 2.86. The molecule has 144 valence electrons. The highest BCUT2D eigenvalue weighted by Gasteiger charge is 2.25. The lowest BCUT2D eigenvalue weighted by atomic mass is 10.0. The van der Waals surface area contributed by atoms with Gasteiger partial charge in [-0.25, -0.2) is 0 Å². The Bertz CT molecular complexity index is 631. The Morgan fingerprint density at radius 2 is 1.58 bits per heavy atom. The van der Waals surface area contributed by atoms with Gasteiger partial charge in [-0.2, -0.15) is 0 Å². The number of carbonyl (C=O) groups is 1. The van der Waals surface area contributed by atoms with Crippen molar-refractivity contribution in [3.8, 4) is 0 Å². The third-order valence-corrected chi connectivity index (χ3v) is 4.23. The lowest BCUT2D eigenvalue weighted by Gasteiger charge is -2.29. The number of nitrogens with two attached hydrogens (primary N) is 1. The Balaban J connectivity index is 0.00000312.